The van der Waals surface area contributed by atoms with Gasteiger partial charge in [0.1, 0.15) is 0 Å². The average molecular weight is 377 g/mol. The summed E-state index contributed by atoms with van der Waals surface area (Å²) in [5, 5.41) is 4.69. The third kappa shape index (κ3) is 4.18. The maximum atomic E-state index is 11.3. The molecule has 27 heavy (non-hydrogen) atoms. The van der Waals surface area contributed by atoms with Crippen LogP contribution in [0.25, 0.3) is 16.5 Å². The van der Waals surface area contributed by atoms with Crippen LogP contribution in [0.5, 0.6) is 0 Å². The van der Waals surface area contributed by atoms with Gasteiger partial charge in [-0.2, -0.15) is 11.8 Å². The molecular formula is C23H24N2OS. The Balaban J connectivity index is 1.31. The summed E-state index contributed by atoms with van der Waals surface area (Å²) in [7, 11) is 0. The highest BCUT2D eigenvalue weighted by Gasteiger charge is 2.16. The van der Waals surface area contributed by atoms with Crippen LogP contribution in [0.1, 0.15) is 34.3 Å². The third-order valence-electron chi connectivity index (χ3n) is 5.18. The van der Waals surface area contributed by atoms with Crippen molar-refractivity contribution in [3.63, 3.8) is 0 Å². The van der Waals surface area contributed by atoms with E-state index in [0.717, 1.165) is 53.6 Å². The fourth-order valence-corrected chi connectivity index (χ4v) is 4.81. The van der Waals surface area contributed by atoms with Crippen LogP contribution in [0.15, 0.2) is 60.8 Å². The minimum absolute atomic E-state index is 0.534. The quantitative estimate of drug-likeness (QED) is 0.448. The second-order valence-electron chi connectivity index (χ2n) is 6.95. The molecule has 0 saturated heterocycles. The molecule has 1 aliphatic heterocycles. The average Bonchev–Trinajstić information content (AvgIpc) is 3.15. The van der Waals surface area contributed by atoms with Gasteiger partial charge in [0, 0.05) is 41.0 Å². The van der Waals surface area contributed by atoms with E-state index in [1.54, 1.807) is 0 Å². The lowest BCUT2D eigenvalue weighted by Crippen LogP contribution is -2.33. The summed E-state index contributed by atoms with van der Waals surface area (Å²) in [4.78, 5) is 14.6. The van der Waals surface area contributed by atoms with Crippen molar-refractivity contribution in [1.29, 1.82) is 0 Å². The summed E-state index contributed by atoms with van der Waals surface area (Å²) in [6.45, 7) is 0.949. The van der Waals surface area contributed by atoms with Crippen molar-refractivity contribution in [2.24, 2.45) is 0 Å². The van der Waals surface area contributed by atoms with E-state index in [9.17, 15) is 4.79 Å². The molecule has 2 heterocycles. The molecule has 0 amide bonds. The van der Waals surface area contributed by atoms with Crippen LogP contribution >= 0.6 is 11.8 Å². The van der Waals surface area contributed by atoms with Gasteiger partial charge in [0.25, 0.3) is 0 Å². The molecular weight excluding hydrogens is 352 g/mol. The van der Waals surface area contributed by atoms with Crippen LogP contribution in [-0.2, 0) is 5.75 Å². The fourth-order valence-electron chi connectivity index (χ4n) is 3.77. The highest BCUT2D eigenvalue weighted by molar-refractivity contribution is 7.98. The molecule has 1 atom stereocenters. The van der Waals surface area contributed by atoms with E-state index in [4.69, 9.17) is 0 Å². The van der Waals surface area contributed by atoms with Crippen molar-refractivity contribution in [1.82, 2.24) is 10.3 Å². The summed E-state index contributed by atoms with van der Waals surface area (Å²) in [5.74, 6) is 2.04. The molecule has 2 aromatic carbocycles. The van der Waals surface area contributed by atoms with Crippen molar-refractivity contribution < 1.29 is 4.79 Å². The zero-order valence-corrected chi connectivity index (χ0v) is 16.1. The summed E-state index contributed by atoms with van der Waals surface area (Å²) in [5.41, 5.74) is 5.84. The number of thioether (sulfide) groups is 1. The maximum absolute atomic E-state index is 11.3. The normalized spacial score (nSPS) is 17.0. The molecule has 3 nitrogen and oxygen atoms in total. The predicted octanol–water partition coefficient (Wildman–Crippen LogP) is 5.05. The standard InChI is InChI=1S/C23H24N2OS/c26-15-19-7-4-8-22-23(19)20(14-25-22)16-27-12-10-21-13-18(9-11-24-21)17-5-2-1-3-6-17/h1-9,14-15,21,24-25H,10-13,16H2. The number of fused-ring (bicyclic) bond motifs is 1. The first kappa shape index (κ1) is 18.1. The van der Waals surface area contributed by atoms with Crippen LogP contribution in [0.2, 0.25) is 0 Å². The minimum atomic E-state index is 0.534. The maximum Gasteiger partial charge on any atom is 0.150 e. The number of hydrogen-bond donors (Lipinski definition) is 2. The minimum Gasteiger partial charge on any atom is -0.361 e. The van der Waals surface area contributed by atoms with Gasteiger partial charge in [-0.15, -0.1) is 0 Å². The van der Waals surface area contributed by atoms with Gasteiger partial charge in [-0.3, -0.25) is 4.79 Å². The number of aldehydes is 1. The summed E-state index contributed by atoms with van der Waals surface area (Å²) in [6.07, 6.45) is 7.55. The van der Waals surface area contributed by atoms with Gasteiger partial charge in [-0.1, -0.05) is 48.5 Å². The lowest BCUT2D eigenvalue weighted by molar-refractivity contribution is 0.112. The van der Waals surface area contributed by atoms with E-state index in [1.807, 2.05) is 36.2 Å². The van der Waals surface area contributed by atoms with Gasteiger partial charge < -0.3 is 10.3 Å². The van der Waals surface area contributed by atoms with E-state index >= 15 is 0 Å². The number of H-pyrrole nitrogens is 1. The van der Waals surface area contributed by atoms with Crippen molar-refractivity contribution in [2.45, 2.75) is 24.6 Å². The topological polar surface area (TPSA) is 44.9 Å². The summed E-state index contributed by atoms with van der Waals surface area (Å²) < 4.78 is 0. The first-order valence-electron chi connectivity index (χ1n) is 9.45. The Morgan fingerprint density at radius 3 is 2.85 bits per heavy atom. The Morgan fingerprint density at radius 2 is 2.00 bits per heavy atom. The van der Waals surface area contributed by atoms with Crippen LogP contribution < -0.4 is 5.32 Å². The zero-order valence-electron chi connectivity index (χ0n) is 15.3. The highest BCUT2D eigenvalue weighted by Crippen LogP contribution is 2.27. The second-order valence-corrected chi connectivity index (χ2v) is 8.05. The first-order chi connectivity index (χ1) is 13.3. The van der Waals surface area contributed by atoms with Crippen molar-refractivity contribution in [3.05, 3.63) is 77.5 Å². The van der Waals surface area contributed by atoms with Crippen molar-refractivity contribution >= 4 is 34.5 Å². The molecule has 1 aromatic heterocycles. The van der Waals surface area contributed by atoms with Crippen molar-refractivity contribution in [3.8, 4) is 0 Å². The molecule has 138 valence electrons. The largest absolute Gasteiger partial charge is 0.361 e. The lowest BCUT2D eigenvalue weighted by Gasteiger charge is -2.24. The smallest absolute Gasteiger partial charge is 0.150 e. The number of carbonyl (C=O) groups is 1. The van der Waals surface area contributed by atoms with Gasteiger partial charge in [-0.25, -0.2) is 0 Å². The van der Waals surface area contributed by atoms with Gasteiger partial charge in [0.15, 0.2) is 6.29 Å². The number of benzene rings is 2. The summed E-state index contributed by atoms with van der Waals surface area (Å²) >= 11 is 1.94. The number of carbonyl (C=O) groups excluding carboxylic acids is 1. The Bertz CT molecular complexity index is 945. The molecule has 0 radical (unpaired) electrons. The van der Waals surface area contributed by atoms with Crippen LogP contribution in [0, 0.1) is 0 Å². The Labute approximate surface area is 164 Å². The van der Waals surface area contributed by atoms with E-state index in [2.05, 4.69) is 46.7 Å². The molecule has 0 bridgehead atoms. The Kier molecular flexibility index (Phi) is 5.75. The Morgan fingerprint density at radius 1 is 1.11 bits per heavy atom. The molecule has 4 rings (SSSR count). The molecule has 3 aromatic rings. The molecule has 0 saturated carbocycles. The molecule has 0 spiro atoms. The molecule has 2 N–H and O–H groups in total. The number of aromatic amines is 1. The van der Waals surface area contributed by atoms with Crippen LogP contribution in [0.4, 0.5) is 0 Å². The van der Waals surface area contributed by atoms with Gasteiger partial charge in [-0.05, 0) is 41.4 Å². The predicted molar refractivity (Wildman–Crippen MR) is 115 cm³/mol. The number of nitrogens with one attached hydrogen (secondary N) is 2. The number of hydrogen-bond acceptors (Lipinski definition) is 3. The van der Waals surface area contributed by atoms with Gasteiger partial charge in [0.05, 0.1) is 0 Å². The molecule has 1 aliphatic rings. The van der Waals surface area contributed by atoms with Crippen LogP contribution in [0.3, 0.4) is 0 Å². The van der Waals surface area contributed by atoms with E-state index < -0.39 is 0 Å². The zero-order chi connectivity index (χ0) is 18.5. The monoisotopic (exact) mass is 376 g/mol. The van der Waals surface area contributed by atoms with E-state index in [0.29, 0.717) is 6.04 Å². The second kappa shape index (κ2) is 8.59. The molecule has 1 unspecified atom stereocenters. The third-order valence-corrected chi connectivity index (χ3v) is 6.22. The van der Waals surface area contributed by atoms with Crippen molar-refractivity contribution in [2.75, 3.05) is 12.3 Å². The molecule has 0 fully saturated rings. The fraction of sp³-hybridized carbons (Fsp3) is 0.261. The summed E-state index contributed by atoms with van der Waals surface area (Å²) in [6, 6.07) is 17.1. The number of rotatable bonds is 7. The molecule has 0 aliphatic carbocycles. The van der Waals surface area contributed by atoms with Crippen LogP contribution in [-0.4, -0.2) is 29.6 Å². The molecule has 4 heteroatoms. The SMILES string of the molecule is O=Cc1cccc2[nH]cc(CSCCC3CC(c4ccccc4)=CCN3)c12. The number of aromatic nitrogens is 1. The first-order valence-corrected chi connectivity index (χ1v) is 10.6. The van der Waals surface area contributed by atoms with Gasteiger partial charge >= 0.3 is 0 Å². The highest BCUT2D eigenvalue weighted by atomic mass is 32.2. The lowest BCUT2D eigenvalue weighted by atomic mass is 9.94. The van der Waals surface area contributed by atoms with E-state index in [-0.39, 0.29) is 0 Å². The van der Waals surface area contributed by atoms with Gasteiger partial charge in [0.2, 0.25) is 0 Å². The Hall–Kier alpha value is -2.30. The van der Waals surface area contributed by atoms with E-state index in [1.165, 1.54) is 16.7 Å².